The molecule has 1 rings (SSSR count). The summed E-state index contributed by atoms with van der Waals surface area (Å²) in [5.41, 5.74) is 7.76. The predicted octanol–water partition coefficient (Wildman–Crippen LogP) is 1.10. The van der Waals surface area contributed by atoms with Gasteiger partial charge in [-0.3, -0.25) is 4.90 Å². The Kier molecular flexibility index (Phi) is 6.62. The minimum Gasteiger partial charge on any atom is -0.399 e. The van der Waals surface area contributed by atoms with Crippen LogP contribution in [-0.2, 0) is 11.3 Å². The zero-order chi connectivity index (χ0) is 12.5. The standard InChI is InChI=1S/C13H22N2O2/c1-2-15(6-8-17-9-7-16)11-12-4-3-5-13(14)10-12/h3-5,10,16H,2,6-9,11,14H2,1H3. The first-order valence-corrected chi connectivity index (χ1v) is 6.01. The Hall–Kier alpha value is -1.10. The molecule has 3 N–H and O–H groups in total. The topological polar surface area (TPSA) is 58.7 Å². The summed E-state index contributed by atoms with van der Waals surface area (Å²) in [5, 5.41) is 8.60. The molecule has 0 amide bonds. The second-order valence-corrected chi connectivity index (χ2v) is 3.95. The summed E-state index contributed by atoms with van der Waals surface area (Å²) in [6.45, 7) is 5.98. The van der Waals surface area contributed by atoms with E-state index in [0.717, 1.165) is 25.3 Å². The Bertz CT molecular complexity index is 318. The highest BCUT2D eigenvalue weighted by molar-refractivity contribution is 5.40. The van der Waals surface area contributed by atoms with Gasteiger partial charge in [0.15, 0.2) is 0 Å². The van der Waals surface area contributed by atoms with Gasteiger partial charge in [0.2, 0.25) is 0 Å². The van der Waals surface area contributed by atoms with E-state index in [0.29, 0.717) is 13.2 Å². The van der Waals surface area contributed by atoms with Gasteiger partial charge in [0.25, 0.3) is 0 Å². The van der Waals surface area contributed by atoms with Gasteiger partial charge in [-0.2, -0.15) is 0 Å². The second kappa shape index (κ2) is 8.06. The second-order valence-electron chi connectivity index (χ2n) is 3.95. The molecule has 0 radical (unpaired) electrons. The molecular formula is C13H22N2O2. The average molecular weight is 238 g/mol. The van der Waals surface area contributed by atoms with Crippen molar-refractivity contribution in [1.29, 1.82) is 0 Å². The number of benzene rings is 1. The monoisotopic (exact) mass is 238 g/mol. The van der Waals surface area contributed by atoms with E-state index in [1.165, 1.54) is 5.56 Å². The third-order valence-electron chi connectivity index (χ3n) is 2.59. The van der Waals surface area contributed by atoms with Crippen LogP contribution in [0.1, 0.15) is 12.5 Å². The first kappa shape index (κ1) is 14.0. The number of aliphatic hydroxyl groups is 1. The van der Waals surface area contributed by atoms with Crippen molar-refractivity contribution in [3.8, 4) is 0 Å². The van der Waals surface area contributed by atoms with Crippen LogP contribution in [-0.4, -0.2) is 42.9 Å². The molecule has 0 fully saturated rings. The molecule has 0 atom stereocenters. The molecule has 0 heterocycles. The number of ether oxygens (including phenoxy) is 1. The van der Waals surface area contributed by atoms with Crippen LogP contribution >= 0.6 is 0 Å². The SMILES string of the molecule is CCN(CCOCCO)Cc1cccc(N)c1. The summed E-state index contributed by atoms with van der Waals surface area (Å²) >= 11 is 0. The highest BCUT2D eigenvalue weighted by atomic mass is 16.5. The van der Waals surface area contributed by atoms with Crippen LogP contribution in [0.3, 0.4) is 0 Å². The average Bonchev–Trinajstić information content (AvgIpc) is 2.33. The highest BCUT2D eigenvalue weighted by Gasteiger charge is 2.03. The van der Waals surface area contributed by atoms with Crippen molar-refractivity contribution >= 4 is 5.69 Å². The lowest BCUT2D eigenvalue weighted by atomic mass is 10.2. The Morgan fingerprint density at radius 1 is 1.35 bits per heavy atom. The van der Waals surface area contributed by atoms with Gasteiger partial charge in [-0.25, -0.2) is 0 Å². The Morgan fingerprint density at radius 2 is 2.18 bits per heavy atom. The van der Waals surface area contributed by atoms with Crippen LogP contribution < -0.4 is 5.73 Å². The highest BCUT2D eigenvalue weighted by Crippen LogP contribution is 2.09. The summed E-state index contributed by atoms with van der Waals surface area (Å²) in [7, 11) is 0. The van der Waals surface area contributed by atoms with Crippen molar-refractivity contribution in [3.05, 3.63) is 29.8 Å². The number of anilines is 1. The van der Waals surface area contributed by atoms with Crippen molar-refractivity contribution in [3.63, 3.8) is 0 Å². The first-order chi connectivity index (χ1) is 8.26. The fourth-order valence-electron chi connectivity index (χ4n) is 1.66. The smallest absolute Gasteiger partial charge is 0.0698 e. The van der Waals surface area contributed by atoms with Crippen LogP contribution in [0.4, 0.5) is 5.69 Å². The van der Waals surface area contributed by atoms with Crippen LogP contribution in [0, 0.1) is 0 Å². The van der Waals surface area contributed by atoms with Crippen molar-refractivity contribution in [2.45, 2.75) is 13.5 Å². The molecule has 4 nitrogen and oxygen atoms in total. The van der Waals surface area contributed by atoms with E-state index in [4.69, 9.17) is 15.6 Å². The molecule has 1 aromatic carbocycles. The van der Waals surface area contributed by atoms with Gasteiger partial charge in [0, 0.05) is 18.8 Å². The molecule has 0 aliphatic carbocycles. The van der Waals surface area contributed by atoms with Crippen LogP contribution in [0.15, 0.2) is 24.3 Å². The van der Waals surface area contributed by atoms with Crippen LogP contribution in [0.5, 0.6) is 0 Å². The maximum atomic E-state index is 8.60. The molecule has 17 heavy (non-hydrogen) atoms. The fourth-order valence-corrected chi connectivity index (χ4v) is 1.66. The van der Waals surface area contributed by atoms with Crippen LogP contribution in [0.25, 0.3) is 0 Å². The molecule has 96 valence electrons. The Morgan fingerprint density at radius 3 is 2.82 bits per heavy atom. The first-order valence-electron chi connectivity index (χ1n) is 6.01. The summed E-state index contributed by atoms with van der Waals surface area (Å²) in [4.78, 5) is 2.28. The lowest BCUT2D eigenvalue weighted by Crippen LogP contribution is -2.27. The van der Waals surface area contributed by atoms with Crippen molar-refractivity contribution in [2.75, 3.05) is 38.6 Å². The van der Waals surface area contributed by atoms with E-state index in [-0.39, 0.29) is 6.61 Å². The van der Waals surface area contributed by atoms with E-state index in [1.54, 1.807) is 0 Å². The molecule has 0 saturated carbocycles. The maximum absolute atomic E-state index is 8.60. The van der Waals surface area contributed by atoms with Gasteiger partial charge in [-0.05, 0) is 24.2 Å². The van der Waals surface area contributed by atoms with E-state index in [2.05, 4.69) is 17.9 Å². The molecule has 0 aliphatic rings. The maximum Gasteiger partial charge on any atom is 0.0698 e. The molecule has 0 saturated heterocycles. The fraction of sp³-hybridized carbons (Fsp3) is 0.538. The Labute approximate surface area is 103 Å². The zero-order valence-corrected chi connectivity index (χ0v) is 10.4. The normalized spacial score (nSPS) is 11.0. The summed E-state index contributed by atoms with van der Waals surface area (Å²) in [6, 6.07) is 7.94. The van der Waals surface area contributed by atoms with Gasteiger partial charge in [0.05, 0.1) is 19.8 Å². The minimum atomic E-state index is 0.0847. The molecule has 0 aliphatic heterocycles. The number of likely N-dealkylation sites (N-methyl/N-ethyl adjacent to an activating group) is 1. The summed E-state index contributed by atoms with van der Waals surface area (Å²) in [6.07, 6.45) is 0. The number of rotatable bonds is 8. The number of nitrogen functional groups attached to an aromatic ring is 1. The molecule has 0 bridgehead atoms. The lowest BCUT2D eigenvalue weighted by molar-refractivity contribution is 0.0732. The molecule has 0 aromatic heterocycles. The number of hydrogen-bond acceptors (Lipinski definition) is 4. The van der Waals surface area contributed by atoms with Gasteiger partial charge < -0.3 is 15.6 Å². The molecular weight excluding hydrogens is 216 g/mol. The number of hydrogen-bond donors (Lipinski definition) is 2. The third-order valence-corrected chi connectivity index (χ3v) is 2.59. The predicted molar refractivity (Wildman–Crippen MR) is 69.7 cm³/mol. The summed E-state index contributed by atoms with van der Waals surface area (Å²) in [5.74, 6) is 0. The zero-order valence-electron chi connectivity index (χ0n) is 10.4. The van der Waals surface area contributed by atoms with E-state index >= 15 is 0 Å². The quantitative estimate of drug-likeness (QED) is 0.526. The molecule has 0 unspecified atom stereocenters. The number of nitrogens with zero attached hydrogens (tertiary/aromatic N) is 1. The lowest BCUT2D eigenvalue weighted by Gasteiger charge is -2.20. The number of aliphatic hydroxyl groups excluding tert-OH is 1. The molecule has 0 spiro atoms. The minimum absolute atomic E-state index is 0.0847. The van der Waals surface area contributed by atoms with Gasteiger partial charge >= 0.3 is 0 Å². The van der Waals surface area contributed by atoms with Gasteiger partial charge in [-0.15, -0.1) is 0 Å². The van der Waals surface area contributed by atoms with Gasteiger partial charge in [-0.1, -0.05) is 19.1 Å². The van der Waals surface area contributed by atoms with Crippen molar-refractivity contribution < 1.29 is 9.84 Å². The number of nitrogens with two attached hydrogens (primary N) is 1. The molecule has 4 heteroatoms. The Balaban J connectivity index is 2.35. The molecule has 1 aromatic rings. The van der Waals surface area contributed by atoms with E-state index in [1.807, 2.05) is 18.2 Å². The van der Waals surface area contributed by atoms with Crippen molar-refractivity contribution in [1.82, 2.24) is 4.90 Å². The largest absolute Gasteiger partial charge is 0.399 e. The summed E-state index contributed by atoms with van der Waals surface area (Å²) < 4.78 is 5.26. The van der Waals surface area contributed by atoms with E-state index in [9.17, 15) is 0 Å². The third kappa shape index (κ3) is 5.68. The van der Waals surface area contributed by atoms with Crippen molar-refractivity contribution in [2.24, 2.45) is 0 Å². The van der Waals surface area contributed by atoms with Crippen LogP contribution in [0.2, 0.25) is 0 Å². The van der Waals surface area contributed by atoms with Gasteiger partial charge in [0.1, 0.15) is 0 Å². The van der Waals surface area contributed by atoms with E-state index < -0.39 is 0 Å².